The van der Waals surface area contributed by atoms with Gasteiger partial charge < -0.3 is 10.5 Å². The molecule has 0 fully saturated rings. The largest absolute Gasteiger partial charge is 0.366 e. The topological polar surface area (TPSA) is 48.1 Å². The van der Waals surface area contributed by atoms with Crippen molar-refractivity contribution in [3.8, 4) is 0 Å². The zero-order chi connectivity index (χ0) is 12.2. The van der Waals surface area contributed by atoms with Crippen LogP contribution in [-0.2, 0) is 4.74 Å². The van der Waals surface area contributed by atoms with Crippen molar-refractivity contribution in [2.24, 2.45) is 5.73 Å². The Morgan fingerprint density at radius 1 is 1.31 bits per heavy atom. The third kappa shape index (κ3) is 3.91. The Labute approximate surface area is 98.0 Å². The summed E-state index contributed by atoms with van der Waals surface area (Å²) in [6.07, 6.45) is 4.38. The summed E-state index contributed by atoms with van der Waals surface area (Å²) in [5, 5.41) is 0. The van der Waals surface area contributed by atoms with E-state index in [0.29, 0.717) is 0 Å². The van der Waals surface area contributed by atoms with Gasteiger partial charge in [-0.3, -0.25) is 4.98 Å². The van der Waals surface area contributed by atoms with Gasteiger partial charge in [0, 0.05) is 18.4 Å². The lowest BCUT2D eigenvalue weighted by Gasteiger charge is -2.31. The van der Waals surface area contributed by atoms with Gasteiger partial charge in [-0.2, -0.15) is 0 Å². The van der Waals surface area contributed by atoms with E-state index in [4.69, 9.17) is 10.5 Å². The van der Waals surface area contributed by atoms with Gasteiger partial charge in [0.2, 0.25) is 0 Å². The maximum absolute atomic E-state index is 6.11. The number of ether oxygens (including phenoxy) is 1. The van der Waals surface area contributed by atoms with Gasteiger partial charge in [0.1, 0.15) is 0 Å². The van der Waals surface area contributed by atoms with Crippen molar-refractivity contribution in [2.75, 3.05) is 0 Å². The van der Waals surface area contributed by atoms with E-state index in [1.807, 2.05) is 32.9 Å². The smallest absolute Gasteiger partial charge is 0.0983 e. The molecule has 0 aromatic carbocycles. The second kappa shape index (κ2) is 5.41. The second-order valence-corrected chi connectivity index (χ2v) is 5.00. The van der Waals surface area contributed by atoms with Crippen LogP contribution < -0.4 is 5.73 Å². The lowest BCUT2D eigenvalue weighted by atomic mass is 10.0. The van der Waals surface area contributed by atoms with Crippen molar-refractivity contribution in [3.05, 3.63) is 30.1 Å². The monoisotopic (exact) mass is 222 g/mol. The fourth-order valence-electron chi connectivity index (χ4n) is 1.55. The van der Waals surface area contributed by atoms with Gasteiger partial charge in [-0.25, -0.2) is 0 Å². The number of nitrogens with zero attached hydrogens (tertiary/aromatic N) is 1. The zero-order valence-corrected chi connectivity index (χ0v) is 10.6. The molecule has 0 radical (unpaired) electrons. The van der Waals surface area contributed by atoms with Crippen molar-refractivity contribution in [2.45, 2.75) is 51.9 Å². The SMILES string of the molecule is CCC(N)C(OC(C)(C)C)c1ccncc1. The van der Waals surface area contributed by atoms with Crippen LogP contribution in [0, 0.1) is 0 Å². The summed E-state index contributed by atoms with van der Waals surface area (Å²) >= 11 is 0. The highest BCUT2D eigenvalue weighted by Gasteiger charge is 2.24. The van der Waals surface area contributed by atoms with E-state index in [2.05, 4.69) is 11.9 Å². The van der Waals surface area contributed by atoms with Crippen molar-refractivity contribution in [1.82, 2.24) is 4.98 Å². The van der Waals surface area contributed by atoms with Crippen molar-refractivity contribution >= 4 is 0 Å². The molecule has 0 saturated carbocycles. The molecule has 1 aromatic heterocycles. The van der Waals surface area contributed by atoms with Crippen LogP contribution in [0.2, 0.25) is 0 Å². The van der Waals surface area contributed by atoms with Crippen LogP contribution >= 0.6 is 0 Å². The van der Waals surface area contributed by atoms with E-state index < -0.39 is 0 Å². The molecular formula is C13H22N2O. The third-order valence-electron chi connectivity index (χ3n) is 2.38. The van der Waals surface area contributed by atoms with Crippen LogP contribution in [0.3, 0.4) is 0 Å². The predicted molar refractivity (Wildman–Crippen MR) is 66.1 cm³/mol. The van der Waals surface area contributed by atoms with Crippen molar-refractivity contribution in [3.63, 3.8) is 0 Å². The summed E-state index contributed by atoms with van der Waals surface area (Å²) in [7, 11) is 0. The molecule has 0 aliphatic rings. The lowest BCUT2D eigenvalue weighted by molar-refractivity contribution is -0.0728. The van der Waals surface area contributed by atoms with E-state index in [-0.39, 0.29) is 17.7 Å². The molecule has 0 saturated heterocycles. The summed E-state index contributed by atoms with van der Waals surface area (Å²) in [5.41, 5.74) is 7.01. The number of aromatic nitrogens is 1. The van der Waals surface area contributed by atoms with Gasteiger partial charge in [-0.05, 0) is 44.9 Å². The number of hydrogen-bond donors (Lipinski definition) is 1. The average Bonchev–Trinajstić information content (AvgIpc) is 2.25. The van der Waals surface area contributed by atoms with Crippen LogP contribution in [0.1, 0.15) is 45.8 Å². The van der Waals surface area contributed by atoms with Crippen LogP contribution in [0.25, 0.3) is 0 Å². The normalized spacial score (nSPS) is 15.8. The second-order valence-electron chi connectivity index (χ2n) is 5.00. The number of pyridine rings is 1. The van der Waals surface area contributed by atoms with E-state index in [1.54, 1.807) is 12.4 Å². The van der Waals surface area contributed by atoms with Gasteiger partial charge in [0.25, 0.3) is 0 Å². The van der Waals surface area contributed by atoms with E-state index in [0.717, 1.165) is 12.0 Å². The maximum atomic E-state index is 6.11. The molecule has 0 aliphatic heterocycles. The molecular weight excluding hydrogens is 200 g/mol. The van der Waals surface area contributed by atoms with Crippen LogP contribution in [0.5, 0.6) is 0 Å². The summed E-state index contributed by atoms with van der Waals surface area (Å²) < 4.78 is 6.02. The first-order valence-electron chi connectivity index (χ1n) is 5.77. The minimum Gasteiger partial charge on any atom is -0.366 e. The fourth-order valence-corrected chi connectivity index (χ4v) is 1.55. The molecule has 90 valence electrons. The highest BCUT2D eigenvalue weighted by molar-refractivity contribution is 5.15. The minimum absolute atomic E-state index is 0.0154. The number of rotatable bonds is 4. The summed E-state index contributed by atoms with van der Waals surface area (Å²) in [6.45, 7) is 8.21. The first kappa shape index (κ1) is 13.1. The fraction of sp³-hybridized carbons (Fsp3) is 0.615. The Balaban J connectivity index is 2.88. The predicted octanol–water partition coefficient (Wildman–Crippen LogP) is 2.68. The third-order valence-corrected chi connectivity index (χ3v) is 2.38. The molecule has 1 heterocycles. The average molecular weight is 222 g/mol. The first-order chi connectivity index (χ1) is 7.44. The molecule has 2 atom stereocenters. The number of hydrogen-bond acceptors (Lipinski definition) is 3. The highest BCUT2D eigenvalue weighted by Crippen LogP contribution is 2.26. The molecule has 2 unspecified atom stereocenters. The molecule has 2 N–H and O–H groups in total. The molecule has 1 aromatic rings. The van der Waals surface area contributed by atoms with E-state index in [1.165, 1.54) is 0 Å². The quantitative estimate of drug-likeness (QED) is 0.852. The molecule has 0 spiro atoms. The highest BCUT2D eigenvalue weighted by atomic mass is 16.5. The summed E-state index contributed by atoms with van der Waals surface area (Å²) in [5.74, 6) is 0. The van der Waals surface area contributed by atoms with Gasteiger partial charge in [0.15, 0.2) is 0 Å². The summed E-state index contributed by atoms with van der Waals surface area (Å²) in [4.78, 5) is 4.01. The lowest BCUT2D eigenvalue weighted by Crippen LogP contribution is -2.34. The van der Waals surface area contributed by atoms with Gasteiger partial charge in [0.05, 0.1) is 11.7 Å². The first-order valence-corrected chi connectivity index (χ1v) is 5.77. The zero-order valence-electron chi connectivity index (χ0n) is 10.6. The van der Waals surface area contributed by atoms with Gasteiger partial charge in [-0.1, -0.05) is 6.92 Å². The van der Waals surface area contributed by atoms with Crippen LogP contribution in [-0.4, -0.2) is 16.6 Å². The Kier molecular flexibility index (Phi) is 4.44. The molecule has 3 heteroatoms. The molecule has 0 amide bonds. The van der Waals surface area contributed by atoms with E-state index >= 15 is 0 Å². The molecule has 0 bridgehead atoms. The number of nitrogens with two attached hydrogens (primary N) is 1. The van der Waals surface area contributed by atoms with Gasteiger partial charge in [-0.15, -0.1) is 0 Å². The molecule has 16 heavy (non-hydrogen) atoms. The molecule has 3 nitrogen and oxygen atoms in total. The van der Waals surface area contributed by atoms with Crippen LogP contribution in [0.15, 0.2) is 24.5 Å². The Morgan fingerprint density at radius 3 is 2.31 bits per heavy atom. The maximum Gasteiger partial charge on any atom is 0.0983 e. The standard InChI is InChI=1S/C13H22N2O/c1-5-11(14)12(16-13(2,3)4)10-6-8-15-9-7-10/h6-9,11-12H,5,14H2,1-4H3. The van der Waals surface area contributed by atoms with Crippen molar-refractivity contribution in [1.29, 1.82) is 0 Å². The Bertz CT molecular complexity index is 305. The minimum atomic E-state index is -0.194. The Morgan fingerprint density at radius 2 is 1.88 bits per heavy atom. The molecule has 1 rings (SSSR count). The van der Waals surface area contributed by atoms with Gasteiger partial charge >= 0.3 is 0 Å². The molecule has 0 aliphatic carbocycles. The summed E-state index contributed by atoms with van der Waals surface area (Å²) in [6, 6.07) is 3.94. The van der Waals surface area contributed by atoms with Crippen molar-refractivity contribution < 1.29 is 4.74 Å². The van der Waals surface area contributed by atoms with E-state index in [9.17, 15) is 0 Å². The Hall–Kier alpha value is -0.930. The van der Waals surface area contributed by atoms with Crippen LogP contribution in [0.4, 0.5) is 0 Å².